The van der Waals surface area contributed by atoms with Gasteiger partial charge in [-0.25, -0.2) is 0 Å². The van der Waals surface area contributed by atoms with E-state index in [-0.39, 0.29) is 5.91 Å². The summed E-state index contributed by atoms with van der Waals surface area (Å²) in [5.41, 5.74) is 2.96. The maximum absolute atomic E-state index is 13.2. The van der Waals surface area contributed by atoms with Crippen molar-refractivity contribution in [2.24, 2.45) is 0 Å². The number of carbonyl (C=O) groups is 1. The van der Waals surface area contributed by atoms with Crippen LogP contribution in [0.5, 0.6) is 5.75 Å². The second-order valence-electron chi connectivity index (χ2n) is 7.28. The van der Waals surface area contributed by atoms with Crippen molar-refractivity contribution in [2.45, 2.75) is 18.8 Å². The van der Waals surface area contributed by atoms with Crippen molar-refractivity contribution >= 4 is 11.6 Å². The van der Waals surface area contributed by atoms with Crippen LogP contribution in [0.4, 0.5) is 5.69 Å². The summed E-state index contributed by atoms with van der Waals surface area (Å²) in [5.74, 6) is 0.826. The molecule has 0 aromatic heterocycles. The fraction of sp³-hybridized carbons (Fsp3) is 0.409. The number of nitrogens with zero attached hydrogens (tertiary/aromatic N) is 2. The monoisotopic (exact) mass is 366 g/mol. The first-order valence-corrected chi connectivity index (χ1v) is 9.72. The number of anilines is 1. The second kappa shape index (κ2) is 8.01. The molecule has 0 unspecified atom stereocenters. The Bertz CT molecular complexity index is 794. The highest BCUT2D eigenvalue weighted by Crippen LogP contribution is 2.31. The molecular formula is C22H26N2O3. The first-order valence-electron chi connectivity index (χ1n) is 9.72. The Balaban J connectivity index is 1.45. The lowest BCUT2D eigenvalue weighted by atomic mass is 9.89. The minimum atomic E-state index is 0.117. The number of likely N-dealkylation sites (tertiary alicyclic amines) is 1. The van der Waals surface area contributed by atoms with Crippen molar-refractivity contribution in [2.75, 3.05) is 44.3 Å². The van der Waals surface area contributed by atoms with Crippen LogP contribution in [0.15, 0.2) is 48.5 Å². The van der Waals surface area contributed by atoms with E-state index in [0.29, 0.717) is 24.9 Å². The van der Waals surface area contributed by atoms with E-state index in [2.05, 4.69) is 11.0 Å². The molecule has 2 aromatic rings. The second-order valence-corrected chi connectivity index (χ2v) is 7.28. The maximum Gasteiger partial charge on any atom is 0.255 e. The van der Waals surface area contributed by atoms with E-state index in [1.165, 1.54) is 0 Å². The number of hydrogen-bond donors (Lipinski definition) is 1. The quantitative estimate of drug-likeness (QED) is 0.906. The van der Waals surface area contributed by atoms with Gasteiger partial charge in [-0.2, -0.15) is 0 Å². The molecule has 142 valence electrons. The summed E-state index contributed by atoms with van der Waals surface area (Å²) in [4.78, 5) is 17.4. The minimum absolute atomic E-state index is 0.117. The number of benzene rings is 2. The Morgan fingerprint density at radius 2 is 1.70 bits per heavy atom. The fourth-order valence-electron chi connectivity index (χ4n) is 4.10. The normalized spacial score (nSPS) is 18.5. The molecule has 1 amide bonds. The number of ether oxygens (including phenoxy) is 1. The predicted octanol–water partition coefficient (Wildman–Crippen LogP) is 3.25. The van der Waals surface area contributed by atoms with Gasteiger partial charge in [0.25, 0.3) is 5.91 Å². The lowest BCUT2D eigenvalue weighted by Gasteiger charge is -2.34. The van der Waals surface area contributed by atoms with Crippen LogP contribution in [0.2, 0.25) is 0 Å². The van der Waals surface area contributed by atoms with Crippen molar-refractivity contribution < 1.29 is 14.6 Å². The van der Waals surface area contributed by atoms with E-state index in [1.54, 1.807) is 6.07 Å². The highest BCUT2D eigenvalue weighted by molar-refractivity contribution is 6.00. The number of rotatable bonds is 3. The molecule has 2 aliphatic rings. The summed E-state index contributed by atoms with van der Waals surface area (Å²) >= 11 is 0. The first kappa shape index (κ1) is 17.9. The SMILES string of the molecule is O=C(c1ccccc1N1CCOCC1)N1CCC(c2cccc(O)c2)CC1. The van der Waals surface area contributed by atoms with Gasteiger partial charge in [0, 0.05) is 31.9 Å². The molecule has 0 aliphatic carbocycles. The molecule has 5 heteroatoms. The smallest absolute Gasteiger partial charge is 0.255 e. The highest BCUT2D eigenvalue weighted by Gasteiger charge is 2.27. The number of aromatic hydroxyl groups is 1. The molecule has 0 radical (unpaired) electrons. The standard InChI is InChI=1S/C22H26N2O3/c25-19-5-3-4-18(16-19)17-8-10-24(11-9-17)22(26)20-6-1-2-7-21(20)23-12-14-27-15-13-23/h1-7,16-17,25H,8-15H2. The highest BCUT2D eigenvalue weighted by atomic mass is 16.5. The summed E-state index contributed by atoms with van der Waals surface area (Å²) in [6.07, 6.45) is 1.85. The summed E-state index contributed by atoms with van der Waals surface area (Å²) in [5, 5.41) is 9.71. The zero-order valence-electron chi connectivity index (χ0n) is 15.5. The summed E-state index contributed by atoms with van der Waals surface area (Å²) in [6.45, 7) is 4.55. The number of carbonyl (C=O) groups excluding carboxylic acids is 1. The fourth-order valence-corrected chi connectivity index (χ4v) is 4.10. The summed E-state index contributed by atoms with van der Waals surface area (Å²) < 4.78 is 5.45. The van der Waals surface area contributed by atoms with Crippen molar-refractivity contribution in [1.29, 1.82) is 0 Å². The molecule has 2 fully saturated rings. The molecule has 0 spiro atoms. The summed E-state index contributed by atoms with van der Waals surface area (Å²) in [7, 11) is 0. The van der Waals surface area contributed by atoms with Gasteiger partial charge in [0.05, 0.1) is 18.8 Å². The van der Waals surface area contributed by atoms with E-state index in [1.807, 2.05) is 41.3 Å². The van der Waals surface area contributed by atoms with Crippen LogP contribution >= 0.6 is 0 Å². The lowest BCUT2D eigenvalue weighted by molar-refractivity contribution is 0.0712. The van der Waals surface area contributed by atoms with Gasteiger partial charge in [-0.3, -0.25) is 4.79 Å². The van der Waals surface area contributed by atoms with Crippen LogP contribution in [0.1, 0.15) is 34.7 Å². The van der Waals surface area contributed by atoms with E-state index in [4.69, 9.17) is 4.74 Å². The molecule has 2 heterocycles. The van der Waals surface area contributed by atoms with E-state index >= 15 is 0 Å². The third kappa shape index (κ3) is 3.93. The Labute approximate surface area is 160 Å². The average molecular weight is 366 g/mol. The van der Waals surface area contributed by atoms with Crippen molar-refractivity contribution in [1.82, 2.24) is 4.90 Å². The first-order chi connectivity index (χ1) is 13.2. The molecule has 2 saturated heterocycles. The third-order valence-corrected chi connectivity index (χ3v) is 5.61. The predicted molar refractivity (Wildman–Crippen MR) is 105 cm³/mol. The molecule has 0 atom stereocenters. The molecule has 5 nitrogen and oxygen atoms in total. The van der Waals surface area contributed by atoms with Crippen LogP contribution in [0.3, 0.4) is 0 Å². The van der Waals surface area contributed by atoms with Crippen LogP contribution in [0, 0.1) is 0 Å². The number of amides is 1. The Kier molecular flexibility index (Phi) is 5.30. The molecule has 1 N–H and O–H groups in total. The van der Waals surface area contributed by atoms with Crippen molar-refractivity contribution in [3.63, 3.8) is 0 Å². The Hall–Kier alpha value is -2.53. The van der Waals surface area contributed by atoms with Crippen molar-refractivity contribution in [3.05, 3.63) is 59.7 Å². The van der Waals surface area contributed by atoms with E-state index in [9.17, 15) is 9.90 Å². The average Bonchev–Trinajstić information content (AvgIpc) is 2.74. The number of piperidine rings is 1. The number of morpholine rings is 1. The van der Waals surface area contributed by atoms with Gasteiger partial charge in [0.1, 0.15) is 5.75 Å². The van der Waals surface area contributed by atoms with E-state index < -0.39 is 0 Å². The van der Waals surface area contributed by atoms with Gasteiger partial charge in [0.2, 0.25) is 0 Å². The van der Waals surface area contributed by atoms with Gasteiger partial charge in [-0.15, -0.1) is 0 Å². The maximum atomic E-state index is 13.2. The molecule has 0 saturated carbocycles. The molecule has 27 heavy (non-hydrogen) atoms. The van der Waals surface area contributed by atoms with Crippen LogP contribution < -0.4 is 4.90 Å². The number of phenols is 1. The van der Waals surface area contributed by atoms with Crippen LogP contribution in [-0.2, 0) is 4.74 Å². The van der Waals surface area contributed by atoms with E-state index in [0.717, 1.165) is 55.8 Å². The molecular weight excluding hydrogens is 340 g/mol. The number of para-hydroxylation sites is 1. The molecule has 0 bridgehead atoms. The lowest BCUT2D eigenvalue weighted by Crippen LogP contribution is -2.40. The Morgan fingerprint density at radius 1 is 0.963 bits per heavy atom. The molecule has 4 rings (SSSR count). The zero-order valence-corrected chi connectivity index (χ0v) is 15.5. The Morgan fingerprint density at radius 3 is 2.44 bits per heavy atom. The zero-order chi connectivity index (χ0) is 18.6. The molecule has 2 aromatic carbocycles. The van der Waals surface area contributed by atoms with Crippen molar-refractivity contribution in [3.8, 4) is 5.75 Å². The topological polar surface area (TPSA) is 53.0 Å². The minimum Gasteiger partial charge on any atom is -0.508 e. The van der Waals surface area contributed by atoms with Crippen LogP contribution in [-0.4, -0.2) is 55.3 Å². The number of hydrogen-bond acceptors (Lipinski definition) is 4. The van der Waals surface area contributed by atoms with Gasteiger partial charge in [0.15, 0.2) is 0 Å². The van der Waals surface area contributed by atoms with Gasteiger partial charge >= 0.3 is 0 Å². The number of phenolic OH excluding ortho intramolecular Hbond substituents is 1. The van der Waals surface area contributed by atoms with Gasteiger partial charge in [-0.1, -0.05) is 24.3 Å². The largest absolute Gasteiger partial charge is 0.508 e. The van der Waals surface area contributed by atoms with Gasteiger partial charge in [-0.05, 0) is 48.6 Å². The van der Waals surface area contributed by atoms with Crippen LogP contribution in [0.25, 0.3) is 0 Å². The molecule has 2 aliphatic heterocycles. The van der Waals surface area contributed by atoms with Gasteiger partial charge < -0.3 is 19.6 Å². The summed E-state index contributed by atoms with van der Waals surface area (Å²) in [6, 6.07) is 15.4. The third-order valence-electron chi connectivity index (χ3n) is 5.61.